The lowest BCUT2D eigenvalue weighted by molar-refractivity contribution is 0.108. The molecule has 1 aromatic rings. The van der Waals surface area contributed by atoms with Gasteiger partial charge in [-0.2, -0.15) is 0 Å². The highest BCUT2D eigenvalue weighted by Gasteiger charge is 2.01. The van der Waals surface area contributed by atoms with Crippen molar-refractivity contribution in [1.82, 2.24) is 0 Å². The molecule has 0 spiro atoms. The number of aromatic hydroxyl groups is 1. The van der Waals surface area contributed by atoms with E-state index in [0.29, 0.717) is 5.56 Å². The third kappa shape index (κ3) is 1.98. The van der Waals surface area contributed by atoms with Crippen molar-refractivity contribution in [3.8, 4) is 5.75 Å². The van der Waals surface area contributed by atoms with Crippen LogP contribution in [0.4, 0.5) is 0 Å². The highest BCUT2D eigenvalue weighted by molar-refractivity contribution is 8.13. The Morgan fingerprint density at radius 3 is 2.36 bits per heavy atom. The van der Waals surface area contributed by atoms with Crippen LogP contribution < -0.4 is 0 Å². The van der Waals surface area contributed by atoms with E-state index in [0.717, 1.165) is 11.8 Å². The van der Waals surface area contributed by atoms with Crippen LogP contribution in [-0.4, -0.2) is 16.5 Å². The number of rotatable bonds is 1. The molecule has 0 amide bonds. The molecule has 0 bridgehead atoms. The largest absolute Gasteiger partial charge is 0.508 e. The Hall–Kier alpha value is -0.960. The van der Waals surface area contributed by atoms with E-state index in [1.807, 2.05) is 0 Å². The van der Waals surface area contributed by atoms with Crippen molar-refractivity contribution in [2.24, 2.45) is 0 Å². The Labute approximate surface area is 69.2 Å². The van der Waals surface area contributed by atoms with Gasteiger partial charge in [-0.15, -0.1) is 0 Å². The van der Waals surface area contributed by atoms with Crippen LogP contribution in [0.15, 0.2) is 24.3 Å². The molecule has 0 atom stereocenters. The van der Waals surface area contributed by atoms with Crippen molar-refractivity contribution in [3.05, 3.63) is 29.8 Å². The second kappa shape index (κ2) is 3.44. The van der Waals surface area contributed by atoms with E-state index >= 15 is 0 Å². The van der Waals surface area contributed by atoms with Crippen molar-refractivity contribution in [2.45, 2.75) is 0 Å². The van der Waals surface area contributed by atoms with Gasteiger partial charge in [0.25, 0.3) is 0 Å². The SMILES string of the molecule is CSC(=O)c1ccc(O)cc1. The number of benzene rings is 1. The Balaban J connectivity index is 2.90. The maximum atomic E-state index is 11.0. The van der Waals surface area contributed by atoms with Crippen LogP contribution in [0.2, 0.25) is 0 Å². The molecule has 0 saturated heterocycles. The van der Waals surface area contributed by atoms with Crippen LogP contribution in [0.25, 0.3) is 0 Å². The summed E-state index contributed by atoms with van der Waals surface area (Å²) in [6.45, 7) is 0. The maximum absolute atomic E-state index is 11.0. The third-order valence-corrected chi connectivity index (χ3v) is 1.89. The van der Waals surface area contributed by atoms with Crippen LogP contribution in [0.1, 0.15) is 10.4 Å². The molecule has 0 heterocycles. The van der Waals surface area contributed by atoms with Gasteiger partial charge in [0.1, 0.15) is 5.75 Å². The van der Waals surface area contributed by atoms with E-state index < -0.39 is 0 Å². The van der Waals surface area contributed by atoms with Gasteiger partial charge in [-0.3, -0.25) is 4.79 Å². The molecule has 0 fully saturated rings. The second-order valence-corrected chi connectivity index (χ2v) is 2.82. The van der Waals surface area contributed by atoms with Gasteiger partial charge in [-0.05, 0) is 30.5 Å². The lowest BCUT2D eigenvalue weighted by Crippen LogP contribution is -1.89. The van der Waals surface area contributed by atoms with Gasteiger partial charge < -0.3 is 5.11 Å². The lowest BCUT2D eigenvalue weighted by atomic mass is 10.2. The van der Waals surface area contributed by atoms with Gasteiger partial charge in [0.05, 0.1) is 0 Å². The summed E-state index contributed by atoms with van der Waals surface area (Å²) in [6, 6.07) is 6.22. The second-order valence-electron chi connectivity index (χ2n) is 2.04. The highest BCUT2D eigenvalue weighted by Crippen LogP contribution is 2.13. The fourth-order valence-corrected chi connectivity index (χ4v) is 1.09. The predicted octanol–water partition coefficient (Wildman–Crippen LogP) is 1.90. The lowest BCUT2D eigenvalue weighted by Gasteiger charge is -1.95. The average molecular weight is 168 g/mol. The van der Waals surface area contributed by atoms with Crippen molar-refractivity contribution >= 4 is 16.9 Å². The van der Waals surface area contributed by atoms with E-state index in [4.69, 9.17) is 5.11 Å². The standard InChI is InChI=1S/C8H8O2S/c1-11-8(10)6-2-4-7(9)5-3-6/h2-5,9H,1H3. The van der Waals surface area contributed by atoms with Gasteiger partial charge in [0.2, 0.25) is 5.12 Å². The molecule has 58 valence electrons. The van der Waals surface area contributed by atoms with Crippen molar-refractivity contribution in [3.63, 3.8) is 0 Å². The van der Waals surface area contributed by atoms with Gasteiger partial charge in [0.15, 0.2) is 0 Å². The highest BCUT2D eigenvalue weighted by atomic mass is 32.2. The first-order valence-electron chi connectivity index (χ1n) is 3.11. The van der Waals surface area contributed by atoms with E-state index in [1.54, 1.807) is 18.4 Å². The Morgan fingerprint density at radius 2 is 1.91 bits per heavy atom. The number of phenolic OH excluding ortho intramolecular Hbond substituents is 1. The zero-order chi connectivity index (χ0) is 8.27. The molecule has 0 unspecified atom stereocenters. The summed E-state index contributed by atoms with van der Waals surface area (Å²) in [6.07, 6.45) is 1.73. The first-order chi connectivity index (χ1) is 5.24. The van der Waals surface area contributed by atoms with E-state index in [2.05, 4.69) is 0 Å². The van der Waals surface area contributed by atoms with Crippen LogP contribution in [0.3, 0.4) is 0 Å². The summed E-state index contributed by atoms with van der Waals surface area (Å²) in [7, 11) is 0. The van der Waals surface area contributed by atoms with Crippen molar-refractivity contribution in [1.29, 1.82) is 0 Å². The summed E-state index contributed by atoms with van der Waals surface area (Å²) in [5.74, 6) is 0.183. The first kappa shape index (κ1) is 8.14. The molecule has 0 aliphatic carbocycles. The van der Waals surface area contributed by atoms with Gasteiger partial charge in [-0.1, -0.05) is 11.8 Å². The van der Waals surface area contributed by atoms with Crippen molar-refractivity contribution < 1.29 is 9.90 Å². The van der Waals surface area contributed by atoms with Gasteiger partial charge in [0, 0.05) is 5.56 Å². The number of carbonyl (C=O) groups is 1. The first-order valence-corrected chi connectivity index (χ1v) is 4.34. The van der Waals surface area contributed by atoms with Gasteiger partial charge in [-0.25, -0.2) is 0 Å². The molecule has 0 aliphatic heterocycles. The Morgan fingerprint density at radius 1 is 1.36 bits per heavy atom. The molecule has 0 aliphatic rings. The minimum Gasteiger partial charge on any atom is -0.508 e. The van der Waals surface area contributed by atoms with Crippen LogP contribution in [0, 0.1) is 0 Å². The van der Waals surface area contributed by atoms with Gasteiger partial charge >= 0.3 is 0 Å². The average Bonchev–Trinajstić information content (AvgIpc) is 2.05. The predicted molar refractivity (Wildman–Crippen MR) is 46.0 cm³/mol. The normalized spacial score (nSPS) is 9.55. The molecular formula is C8H8O2S. The van der Waals surface area contributed by atoms with Crippen LogP contribution in [0.5, 0.6) is 5.75 Å². The Bertz CT molecular complexity index is 253. The minimum absolute atomic E-state index is 0.0185. The number of hydrogen-bond donors (Lipinski definition) is 1. The third-order valence-electron chi connectivity index (χ3n) is 1.29. The smallest absolute Gasteiger partial charge is 0.219 e. The summed E-state index contributed by atoms with van der Waals surface area (Å²) < 4.78 is 0. The minimum atomic E-state index is 0.0185. The maximum Gasteiger partial charge on any atom is 0.219 e. The molecule has 1 N–H and O–H groups in total. The molecule has 11 heavy (non-hydrogen) atoms. The summed E-state index contributed by atoms with van der Waals surface area (Å²) in [4.78, 5) is 11.0. The number of thioether (sulfide) groups is 1. The summed E-state index contributed by atoms with van der Waals surface area (Å²) in [5, 5.41) is 8.91. The van der Waals surface area contributed by atoms with E-state index in [9.17, 15) is 4.79 Å². The fraction of sp³-hybridized carbons (Fsp3) is 0.125. The van der Waals surface area contributed by atoms with Crippen molar-refractivity contribution in [2.75, 3.05) is 6.26 Å². The van der Waals surface area contributed by atoms with E-state index in [1.165, 1.54) is 12.1 Å². The van der Waals surface area contributed by atoms with E-state index in [-0.39, 0.29) is 10.9 Å². The number of phenols is 1. The molecule has 1 rings (SSSR count). The fourth-order valence-electron chi connectivity index (χ4n) is 0.715. The monoisotopic (exact) mass is 168 g/mol. The molecule has 0 radical (unpaired) electrons. The molecule has 0 aromatic heterocycles. The quantitative estimate of drug-likeness (QED) is 0.695. The number of hydrogen-bond acceptors (Lipinski definition) is 3. The summed E-state index contributed by atoms with van der Waals surface area (Å²) in [5.41, 5.74) is 0.621. The molecule has 0 saturated carbocycles. The Kier molecular flexibility index (Phi) is 2.54. The van der Waals surface area contributed by atoms with Crippen LogP contribution >= 0.6 is 11.8 Å². The summed E-state index contributed by atoms with van der Waals surface area (Å²) >= 11 is 1.16. The zero-order valence-corrected chi connectivity index (χ0v) is 6.89. The molecular weight excluding hydrogens is 160 g/mol. The van der Waals surface area contributed by atoms with Crippen LogP contribution in [-0.2, 0) is 0 Å². The molecule has 3 heteroatoms. The molecule has 1 aromatic carbocycles. The zero-order valence-electron chi connectivity index (χ0n) is 6.07. The topological polar surface area (TPSA) is 37.3 Å². The molecule has 2 nitrogen and oxygen atoms in total. The number of carbonyl (C=O) groups excluding carboxylic acids is 1.